The van der Waals surface area contributed by atoms with Gasteiger partial charge in [0.25, 0.3) is 0 Å². The van der Waals surface area contributed by atoms with Gasteiger partial charge in [0.2, 0.25) is 6.79 Å². The van der Waals surface area contributed by atoms with Gasteiger partial charge in [-0.1, -0.05) is 18.2 Å². The van der Waals surface area contributed by atoms with Crippen LogP contribution in [0.1, 0.15) is 25.0 Å². The molecule has 0 unspecified atom stereocenters. The van der Waals surface area contributed by atoms with E-state index >= 15 is 0 Å². The Labute approximate surface area is 147 Å². The molecule has 25 heavy (non-hydrogen) atoms. The van der Waals surface area contributed by atoms with Crippen molar-refractivity contribution in [1.29, 1.82) is 0 Å². The van der Waals surface area contributed by atoms with Crippen LogP contribution in [0.2, 0.25) is 0 Å². The van der Waals surface area contributed by atoms with E-state index in [2.05, 4.69) is 10.6 Å². The van der Waals surface area contributed by atoms with Gasteiger partial charge in [-0.25, -0.2) is 4.79 Å². The summed E-state index contributed by atoms with van der Waals surface area (Å²) in [7, 11) is 0. The highest BCUT2D eigenvalue weighted by atomic mass is 16.7. The van der Waals surface area contributed by atoms with E-state index in [4.69, 9.17) is 14.2 Å². The van der Waals surface area contributed by atoms with Gasteiger partial charge in [-0.3, -0.25) is 0 Å². The number of amides is 2. The Balaban J connectivity index is 1.43. The molecule has 0 bridgehead atoms. The van der Waals surface area contributed by atoms with Crippen LogP contribution in [0.5, 0.6) is 17.2 Å². The first-order chi connectivity index (χ1) is 12.1. The van der Waals surface area contributed by atoms with Crippen LogP contribution in [0.25, 0.3) is 0 Å². The lowest BCUT2D eigenvalue weighted by Crippen LogP contribution is -2.34. The normalized spacial score (nSPS) is 12.1. The maximum absolute atomic E-state index is 11.9. The van der Waals surface area contributed by atoms with Gasteiger partial charge >= 0.3 is 6.03 Å². The standard InChI is InChI=1S/C19H22N2O4/c1-13(2)25-16-6-3-14(4-7-16)10-20-19(22)21-11-15-5-8-17-18(9-15)24-12-23-17/h3-9,13H,10-12H2,1-2H3,(H2,20,21,22). The Morgan fingerprint density at radius 2 is 1.64 bits per heavy atom. The molecule has 0 saturated heterocycles. The second-order valence-corrected chi connectivity index (χ2v) is 6.03. The largest absolute Gasteiger partial charge is 0.491 e. The predicted molar refractivity (Wildman–Crippen MR) is 93.8 cm³/mol. The highest BCUT2D eigenvalue weighted by Crippen LogP contribution is 2.32. The van der Waals surface area contributed by atoms with Crippen LogP contribution in [0.15, 0.2) is 42.5 Å². The first kappa shape index (κ1) is 17.0. The molecule has 2 aromatic rings. The van der Waals surface area contributed by atoms with E-state index in [1.807, 2.05) is 56.3 Å². The fraction of sp³-hybridized carbons (Fsp3) is 0.316. The molecule has 0 atom stereocenters. The number of carbonyl (C=O) groups excluding carboxylic acids is 1. The zero-order valence-electron chi connectivity index (χ0n) is 14.4. The number of nitrogens with one attached hydrogen (secondary N) is 2. The van der Waals surface area contributed by atoms with Crippen molar-refractivity contribution in [2.45, 2.75) is 33.0 Å². The number of urea groups is 1. The molecule has 0 aromatic heterocycles. The second-order valence-electron chi connectivity index (χ2n) is 6.03. The van der Waals surface area contributed by atoms with E-state index in [1.54, 1.807) is 0 Å². The van der Waals surface area contributed by atoms with Crippen molar-refractivity contribution in [2.75, 3.05) is 6.79 Å². The quantitative estimate of drug-likeness (QED) is 0.846. The van der Waals surface area contributed by atoms with Crippen molar-refractivity contribution < 1.29 is 19.0 Å². The summed E-state index contributed by atoms with van der Waals surface area (Å²) in [6.45, 7) is 5.09. The van der Waals surface area contributed by atoms with Crippen LogP contribution in [-0.4, -0.2) is 18.9 Å². The number of fused-ring (bicyclic) bond motifs is 1. The molecule has 1 aliphatic heterocycles. The van der Waals surface area contributed by atoms with E-state index in [1.165, 1.54) is 0 Å². The third-order valence-electron chi connectivity index (χ3n) is 3.64. The maximum Gasteiger partial charge on any atom is 0.315 e. The van der Waals surface area contributed by atoms with Crippen molar-refractivity contribution in [2.24, 2.45) is 0 Å². The number of hydrogen-bond donors (Lipinski definition) is 2. The summed E-state index contributed by atoms with van der Waals surface area (Å²) in [5.41, 5.74) is 1.96. The van der Waals surface area contributed by atoms with Crippen molar-refractivity contribution in [3.8, 4) is 17.2 Å². The van der Waals surface area contributed by atoms with Crippen LogP contribution in [0.4, 0.5) is 4.79 Å². The third kappa shape index (κ3) is 4.79. The molecular formula is C19H22N2O4. The first-order valence-electron chi connectivity index (χ1n) is 8.26. The van der Waals surface area contributed by atoms with Gasteiger partial charge in [0.05, 0.1) is 6.10 Å². The molecule has 2 aromatic carbocycles. The van der Waals surface area contributed by atoms with Gasteiger partial charge in [0.15, 0.2) is 11.5 Å². The number of rotatable bonds is 6. The molecular weight excluding hydrogens is 320 g/mol. The lowest BCUT2D eigenvalue weighted by molar-refractivity contribution is 0.174. The minimum absolute atomic E-state index is 0.144. The topological polar surface area (TPSA) is 68.8 Å². The number of ether oxygens (including phenoxy) is 3. The van der Waals surface area contributed by atoms with E-state index in [-0.39, 0.29) is 18.9 Å². The maximum atomic E-state index is 11.9. The summed E-state index contributed by atoms with van der Waals surface area (Å²) < 4.78 is 16.2. The lowest BCUT2D eigenvalue weighted by Gasteiger charge is -2.11. The molecule has 1 heterocycles. The van der Waals surface area contributed by atoms with Gasteiger partial charge in [-0.05, 0) is 49.2 Å². The molecule has 0 fully saturated rings. The second kappa shape index (κ2) is 7.79. The summed E-state index contributed by atoms with van der Waals surface area (Å²) in [5, 5.41) is 5.66. The highest BCUT2D eigenvalue weighted by Gasteiger charge is 2.13. The molecule has 1 aliphatic rings. The van der Waals surface area contributed by atoms with Gasteiger partial charge in [0, 0.05) is 13.1 Å². The smallest absolute Gasteiger partial charge is 0.315 e. The van der Waals surface area contributed by atoms with Crippen molar-refractivity contribution in [3.05, 3.63) is 53.6 Å². The lowest BCUT2D eigenvalue weighted by atomic mass is 10.2. The minimum atomic E-state index is -0.222. The summed E-state index contributed by atoms with van der Waals surface area (Å²) in [6.07, 6.45) is 0.144. The molecule has 132 valence electrons. The van der Waals surface area contributed by atoms with Gasteiger partial charge < -0.3 is 24.8 Å². The Hall–Kier alpha value is -2.89. The van der Waals surface area contributed by atoms with Crippen molar-refractivity contribution >= 4 is 6.03 Å². The summed E-state index contributed by atoms with van der Waals surface area (Å²) >= 11 is 0. The molecule has 0 spiro atoms. The Morgan fingerprint density at radius 1 is 1.00 bits per heavy atom. The van der Waals surface area contributed by atoms with Crippen LogP contribution >= 0.6 is 0 Å². The molecule has 0 saturated carbocycles. The summed E-state index contributed by atoms with van der Waals surface area (Å²) in [5.74, 6) is 2.27. The minimum Gasteiger partial charge on any atom is -0.491 e. The van der Waals surface area contributed by atoms with E-state index in [9.17, 15) is 4.79 Å². The monoisotopic (exact) mass is 342 g/mol. The van der Waals surface area contributed by atoms with Gasteiger partial charge in [0.1, 0.15) is 5.75 Å². The molecule has 2 amide bonds. The summed E-state index contributed by atoms with van der Waals surface area (Å²) in [6, 6.07) is 13.1. The number of hydrogen-bond acceptors (Lipinski definition) is 4. The van der Waals surface area contributed by atoms with Gasteiger partial charge in [-0.15, -0.1) is 0 Å². The third-order valence-corrected chi connectivity index (χ3v) is 3.64. The van der Waals surface area contributed by atoms with Crippen LogP contribution in [0, 0.1) is 0 Å². The van der Waals surface area contributed by atoms with E-state index < -0.39 is 0 Å². The molecule has 2 N–H and O–H groups in total. The molecule has 6 nitrogen and oxygen atoms in total. The van der Waals surface area contributed by atoms with E-state index in [0.29, 0.717) is 18.8 Å². The summed E-state index contributed by atoms with van der Waals surface area (Å²) in [4.78, 5) is 11.9. The SMILES string of the molecule is CC(C)Oc1ccc(CNC(=O)NCc2ccc3c(c2)OCO3)cc1. The van der Waals surface area contributed by atoms with Gasteiger partial charge in [-0.2, -0.15) is 0 Å². The zero-order valence-corrected chi connectivity index (χ0v) is 14.4. The van der Waals surface area contributed by atoms with Crippen LogP contribution in [-0.2, 0) is 13.1 Å². The average Bonchev–Trinajstić information content (AvgIpc) is 3.06. The molecule has 6 heteroatoms. The van der Waals surface area contributed by atoms with Crippen LogP contribution < -0.4 is 24.8 Å². The Bertz CT molecular complexity index is 729. The van der Waals surface area contributed by atoms with Crippen molar-refractivity contribution in [1.82, 2.24) is 10.6 Å². The predicted octanol–water partition coefficient (Wildman–Crippen LogP) is 3.20. The Morgan fingerprint density at radius 3 is 2.36 bits per heavy atom. The fourth-order valence-electron chi connectivity index (χ4n) is 2.44. The number of benzene rings is 2. The number of carbonyl (C=O) groups is 1. The first-order valence-corrected chi connectivity index (χ1v) is 8.26. The average molecular weight is 342 g/mol. The highest BCUT2D eigenvalue weighted by molar-refractivity contribution is 5.73. The zero-order chi connectivity index (χ0) is 17.6. The molecule has 0 radical (unpaired) electrons. The fourth-order valence-corrected chi connectivity index (χ4v) is 2.44. The molecule has 3 rings (SSSR count). The van der Waals surface area contributed by atoms with Crippen LogP contribution in [0.3, 0.4) is 0 Å². The van der Waals surface area contributed by atoms with E-state index in [0.717, 1.165) is 22.6 Å². The van der Waals surface area contributed by atoms with Crippen molar-refractivity contribution in [3.63, 3.8) is 0 Å². The Kier molecular flexibility index (Phi) is 5.28. The molecule has 0 aliphatic carbocycles.